The number of hydrogen-bond acceptors (Lipinski definition) is 5. The van der Waals surface area contributed by atoms with E-state index < -0.39 is 5.91 Å². The normalized spacial score (nSPS) is 10.8. The number of carbonyl (C=O) groups is 1. The molecule has 152 valence electrons. The van der Waals surface area contributed by atoms with E-state index in [0.717, 1.165) is 12.1 Å². The molecule has 0 aromatic heterocycles. The Balaban J connectivity index is 2.20. The number of ether oxygens (including phenoxy) is 2. The van der Waals surface area contributed by atoms with E-state index in [1.54, 1.807) is 30.3 Å². The first-order chi connectivity index (χ1) is 14.0. The molecular weight excluding hydrogens is 366 g/mol. The van der Waals surface area contributed by atoms with Gasteiger partial charge in [-0.25, -0.2) is 0 Å². The van der Waals surface area contributed by atoms with E-state index >= 15 is 0 Å². The van der Waals surface area contributed by atoms with Gasteiger partial charge in [-0.2, -0.15) is 5.26 Å². The van der Waals surface area contributed by atoms with Gasteiger partial charge >= 0.3 is 0 Å². The van der Waals surface area contributed by atoms with E-state index in [0.29, 0.717) is 36.0 Å². The Morgan fingerprint density at radius 1 is 1.10 bits per heavy atom. The number of hydrogen-bond donors (Lipinski definition) is 1. The lowest BCUT2D eigenvalue weighted by Crippen LogP contribution is -2.14. The predicted octanol–water partition coefficient (Wildman–Crippen LogP) is 4.49. The van der Waals surface area contributed by atoms with Crippen molar-refractivity contribution < 1.29 is 14.3 Å². The molecule has 0 saturated carbocycles. The van der Waals surface area contributed by atoms with Gasteiger partial charge in [0.2, 0.25) is 0 Å². The first kappa shape index (κ1) is 21.8. The van der Waals surface area contributed by atoms with Crippen LogP contribution in [0.4, 0.5) is 11.4 Å². The molecule has 2 rings (SSSR count). The highest BCUT2D eigenvalue weighted by Gasteiger charge is 2.11. The summed E-state index contributed by atoms with van der Waals surface area (Å²) in [4.78, 5) is 14.5. The van der Waals surface area contributed by atoms with Gasteiger partial charge in [0.05, 0.1) is 13.2 Å². The Hall–Kier alpha value is -3.46. The molecule has 6 nitrogen and oxygen atoms in total. The monoisotopic (exact) mass is 393 g/mol. The Bertz CT molecular complexity index is 897. The van der Waals surface area contributed by atoms with E-state index in [1.165, 1.54) is 6.08 Å². The molecule has 1 amide bonds. The van der Waals surface area contributed by atoms with Crippen LogP contribution in [0.5, 0.6) is 11.5 Å². The summed E-state index contributed by atoms with van der Waals surface area (Å²) in [5, 5.41) is 12.2. The van der Waals surface area contributed by atoms with Crippen LogP contribution in [-0.4, -0.2) is 33.2 Å². The predicted molar refractivity (Wildman–Crippen MR) is 116 cm³/mol. The van der Waals surface area contributed by atoms with Gasteiger partial charge < -0.3 is 19.7 Å². The standard InChI is InChI=1S/C23H27N3O3/c1-5-13-29-21-12-7-17(15-22(21)28-6-2)14-18(16-24)23(27)25-19-8-10-20(11-9-19)26(3)4/h7-12,14-15H,5-6,13H2,1-4H3,(H,25,27)/b18-14-. The lowest BCUT2D eigenvalue weighted by atomic mass is 10.1. The second kappa shape index (κ2) is 10.8. The molecule has 0 fully saturated rings. The molecule has 0 aliphatic heterocycles. The van der Waals surface area contributed by atoms with Crippen LogP contribution in [0.25, 0.3) is 6.08 Å². The average Bonchev–Trinajstić information content (AvgIpc) is 2.72. The Kier molecular flexibility index (Phi) is 8.11. The van der Waals surface area contributed by atoms with Crippen LogP contribution in [-0.2, 0) is 4.79 Å². The summed E-state index contributed by atoms with van der Waals surface area (Å²) in [5.74, 6) is 0.774. The molecule has 0 atom stereocenters. The van der Waals surface area contributed by atoms with Crippen molar-refractivity contribution in [2.45, 2.75) is 20.3 Å². The highest BCUT2D eigenvalue weighted by Crippen LogP contribution is 2.29. The SMILES string of the molecule is CCCOc1ccc(/C=C(/C#N)C(=O)Nc2ccc(N(C)C)cc2)cc1OCC. The summed E-state index contributed by atoms with van der Waals surface area (Å²) >= 11 is 0. The smallest absolute Gasteiger partial charge is 0.266 e. The van der Waals surface area contributed by atoms with Gasteiger partial charge in [-0.3, -0.25) is 4.79 Å². The van der Waals surface area contributed by atoms with Crippen molar-refractivity contribution in [1.82, 2.24) is 0 Å². The van der Waals surface area contributed by atoms with Crippen molar-refractivity contribution in [2.24, 2.45) is 0 Å². The maximum Gasteiger partial charge on any atom is 0.266 e. The summed E-state index contributed by atoms with van der Waals surface area (Å²) < 4.78 is 11.3. The summed E-state index contributed by atoms with van der Waals surface area (Å²) in [5.41, 5.74) is 2.34. The summed E-state index contributed by atoms with van der Waals surface area (Å²) in [6, 6.07) is 14.7. The molecule has 2 aromatic rings. The fourth-order valence-electron chi connectivity index (χ4n) is 2.57. The third-order valence-electron chi connectivity index (χ3n) is 4.05. The van der Waals surface area contributed by atoms with Gasteiger partial charge in [0.15, 0.2) is 11.5 Å². The molecule has 1 N–H and O–H groups in total. The zero-order valence-corrected chi connectivity index (χ0v) is 17.4. The minimum Gasteiger partial charge on any atom is -0.490 e. The maximum absolute atomic E-state index is 12.5. The van der Waals surface area contributed by atoms with E-state index in [9.17, 15) is 10.1 Å². The molecule has 0 radical (unpaired) electrons. The number of nitrogens with zero attached hydrogens (tertiary/aromatic N) is 2. The van der Waals surface area contributed by atoms with E-state index in [-0.39, 0.29) is 5.57 Å². The molecule has 0 saturated heterocycles. The van der Waals surface area contributed by atoms with Gasteiger partial charge in [0.1, 0.15) is 11.6 Å². The molecule has 0 aliphatic rings. The molecule has 0 bridgehead atoms. The minimum atomic E-state index is -0.464. The van der Waals surface area contributed by atoms with Crippen molar-refractivity contribution >= 4 is 23.4 Å². The first-order valence-electron chi connectivity index (χ1n) is 9.58. The molecule has 0 heterocycles. The Morgan fingerprint density at radius 2 is 1.83 bits per heavy atom. The summed E-state index contributed by atoms with van der Waals surface area (Å²) in [6.45, 7) is 5.00. The van der Waals surface area contributed by atoms with E-state index in [1.807, 2.05) is 51.0 Å². The van der Waals surface area contributed by atoms with Gasteiger partial charge in [-0.15, -0.1) is 0 Å². The maximum atomic E-state index is 12.5. The van der Waals surface area contributed by atoms with Crippen molar-refractivity contribution in [1.29, 1.82) is 5.26 Å². The van der Waals surface area contributed by atoms with Gasteiger partial charge in [-0.05, 0) is 61.4 Å². The lowest BCUT2D eigenvalue weighted by molar-refractivity contribution is -0.112. The second-order valence-electron chi connectivity index (χ2n) is 6.55. The molecule has 0 aliphatic carbocycles. The lowest BCUT2D eigenvalue weighted by Gasteiger charge is -2.13. The van der Waals surface area contributed by atoms with Crippen LogP contribution >= 0.6 is 0 Å². The second-order valence-corrected chi connectivity index (χ2v) is 6.55. The highest BCUT2D eigenvalue weighted by atomic mass is 16.5. The number of nitrogens with one attached hydrogen (secondary N) is 1. The number of carbonyl (C=O) groups excluding carboxylic acids is 1. The van der Waals surface area contributed by atoms with Gasteiger partial charge in [0.25, 0.3) is 5.91 Å². The molecule has 6 heteroatoms. The summed E-state index contributed by atoms with van der Waals surface area (Å²) in [6.07, 6.45) is 2.43. The molecular formula is C23H27N3O3. The van der Waals surface area contributed by atoms with Crippen LogP contribution in [0.3, 0.4) is 0 Å². The van der Waals surface area contributed by atoms with Crippen LogP contribution in [0.1, 0.15) is 25.8 Å². The fraction of sp³-hybridized carbons (Fsp3) is 0.304. The van der Waals surface area contributed by atoms with Crippen LogP contribution in [0, 0.1) is 11.3 Å². The minimum absolute atomic E-state index is 0.00589. The van der Waals surface area contributed by atoms with Crippen LogP contribution in [0.15, 0.2) is 48.0 Å². The number of benzene rings is 2. The number of amides is 1. The Morgan fingerprint density at radius 3 is 2.41 bits per heavy atom. The Labute approximate surface area is 172 Å². The van der Waals surface area contributed by atoms with Gasteiger partial charge in [-0.1, -0.05) is 13.0 Å². The number of nitriles is 1. The quantitative estimate of drug-likeness (QED) is 0.502. The summed E-state index contributed by atoms with van der Waals surface area (Å²) in [7, 11) is 3.89. The number of anilines is 2. The number of rotatable bonds is 9. The van der Waals surface area contributed by atoms with Crippen LogP contribution in [0.2, 0.25) is 0 Å². The molecule has 0 unspecified atom stereocenters. The average molecular weight is 393 g/mol. The van der Waals surface area contributed by atoms with Crippen molar-refractivity contribution in [3.8, 4) is 17.6 Å². The molecule has 2 aromatic carbocycles. The van der Waals surface area contributed by atoms with E-state index in [2.05, 4.69) is 5.32 Å². The van der Waals surface area contributed by atoms with Crippen molar-refractivity contribution in [3.63, 3.8) is 0 Å². The zero-order chi connectivity index (χ0) is 21.2. The molecule has 29 heavy (non-hydrogen) atoms. The molecule has 0 spiro atoms. The first-order valence-corrected chi connectivity index (χ1v) is 9.58. The fourth-order valence-corrected chi connectivity index (χ4v) is 2.57. The van der Waals surface area contributed by atoms with Crippen LogP contribution < -0.4 is 19.7 Å². The van der Waals surface area contributed by atoms with Gasteiger partial charge in [0, 0.05) is 25.5 Å². The topological polar surface area (TPSA) is 74.6 Å². The third-order valence-corrected chi connectivity index (χ3v) is 4.05. The third kappa shape index (κ3) is 6.28. The highest BCUT2D eigenvalue weighted by molar-refractivity contribution is 6.09. The largest absolute Gasteiger partial charge is 0.490 e. The van der Waals surface area contributed by atoms with Crippen molar-refractivity contribution in [3.05, 3.63) is 53.6 Å². The van der Waals surface area contributed by atoms with E-state index in [4.69, 9.17) is 9.47 Å². The zero-order valence-electron chi connectivity index (χ0n) is 17.4. The van der Waals surface area contributed by atoms with Crippen molar-refractivity contribution in [2.75, 3.05) is 37.5 Å².